The summed E-state index contributed by atoms with van der Waals surface area (Å²) in [4.78, 5) is 22.1. The smallest absolute Gasteiger partial charge is 0.367 e. The van der Waals surface area contributed by atoms with Crippen LogP contribution in [0.4, 0.5) is 24.8 Å². The number of rotatable bonds is 6. The molecule has 5 rings (SSSR count). The number of pyridine rings is 2. The van der Waals surface area contributed by atoms with Crippen LogP contribution in [0.2, 0.25) is 0 Å². The van der Waals surface area contributed by atoms with E-state index in [0.717, 1.165) is 23.4 Å². The van der Waals surface area contributed by atoms with Gasteiger partial charge in [-0.2, -0.15) is 13.2 Å². The summed E-state index contributed by atoms with van der Waals surface area (Å²) in [6.45, 7) is 0.408. The highest BCUT2D eigenvalue weighted by atomic mass is 32.2. The maximum Gasteiger partial charge on any atom is 0.417 e. The van der Waals surface area contributed by atoms with Crippen molar-refractivity contribution in [1.29, 1.82) is 0 Å². The van der Waals surface area contributed by atoms with Crippen molar-refractivity contribution < 1.29 is 26.4 Å². The minimum Gasteiger partial charge on any atom is -0.367 e. The molecule has 2 aromatic heterocycles. The van der Waals surface area contributed by atoms with Crippen LogP contribution in [-0.4, -0.2) is 48.2 Å². The summed E-state index contributed by atoms with van der Waals surface area (Å²) in [6.07, 6.45) is 0.217. The third-order valence-corrected chi connectivity index (χ3v) is 9.53. The molecule has 12 heteroatoms. The van der Waals surface area contributed by atoms with Crippen LogP contribution in [0.5, 0.6) is 0 Å². The van der Waals surface area contributed by atoms with Gasteiger partial charge in [-0.05, 0) is 73.2 Å². The molecule has 1 saturated carbocycles. The van der Waals surface area contributed by atoms with E-state index in [2.05, 4.69) is 15.3 Å². The van der Waals surface area contributed by atoms with Gasteiger partial charge in [-0.3, -0.25) is 9.69 Å². The van der Waals surface area contributed by atoms with Crippen molar-refractivity contribution in [2.75, 3.05) is 16.8 Å². The molecule has 1 amide bonds. The van der Waals surface area contributed by atoms with Gasteiger partial charge in [0.1, 0.15) is 11.6 Å². The largest absolute Gasteiger partial charge is 0.417 e. The molecule has 1 saturated heterocycles. The number of carbonyl (C=O) groups excluding carboxylic acids is 1. The van der Waals surface area contributed by atoms with E-state index in [4.69, 9.17) is 5.73 Å². The molecule has 1 atom stereocenters. The summed E-state index contributed by atoms with van der Waals surface area (Å²) < 4.78 is 64.9. The first-order chi connectivity index (χ1) is 18.5. The van der Waals surface area contributed by atoms with Gasteiger partial charge in [-0.25, -0.2) is 18.4 Å². The first-order valence-electron chi connectivity index (χ1n) is 12.7. The van der Waals surface area contributed by atoms with Gasteiger partial charge in [0, 0.05) is 37.4 Å². The van der Waals surface area contributed by atoms with Gasteiger partial charge >= 0.3 is 6.18 Å². The van der Waals surface area contributed by atoms with Crippen LogP contribution < -0.4 is 16.0 Å². The van der Waals surface area contributed by atoms with Crippen LogP contribution in [-0.2, 0) is 20.8 Å². The first kappa shape index (κ1) is 27.1. The number of anilines is 2. The van der Waals surface area contributed by atoms with Crippen LogP contribution in [0.1, 0.15) is 37.7 Å². The highest BCUT2D eigenvalue weighted by molar-refractivity contribution is 7.92. The summed E-state index contributed by atoms with van der Waals surface area (Å²) in [7, 11) is -3.56. The summed E-state index contributed by atoms with van der Waals surface area (Å²) in [5, 5.41) is 2.58. The average molecular weight is 560 g/mol. The number of carbonyl (C=O) groups is 1. The van der Waals surface area contributed by atoms with E-state index < -0.39 is 26.8 Å². The number of nitrogens with one attached hydrogen (secondary N) is 1. The normalized spacial score (nSPS) is 22.2. The Morgan fingerprint density at radius 3 is 2.26 bits per heavy atom. The zero-order chi connectivity index (χ0) is 27.8. The predicted molar refractivity (Wildman–Crippen MR) is 141 cm³/mol. The second-order valence-corrected chi connectivity index (χ2v) is 12.2. The van der Waals surface area contributed by atoms with Gasteiger partial charge in [-0.1, -0.05) is 12.1 Å². The minimum atomic E-state index is -4.44. The van der Waals surface area contributed by atoms with E-state index in [1.54, 1.807) is 47.5 Å². The Kier molecular flexibility index (Phi) is 7.34. The molecule has 206 valence electrons. The molecule has 1 aliphatic heterocycles. The van der Waals surface area contributed by atoms with Crippen LogP contribution in [0, 0.1) is 0 Å². The maximum absolute atomic E-state index is 13.3. The molecule has 0 spiro atoms. The topological polar surface area (TPSA) is 118 Å². The number of hydrogen-bond donors (Lipinski definition) is 2. The first-order valence-corrected chi connectivity index (χ1v) is 14.2. The molecule has 0 bridgehead atoms. The number of sulfone groups is 1. The lowest BCUT2D eigenvalue weighted by Gasteiger charge is -2.29. The van der Waals surface area contributed by atoms with Crippen molar-refractivity contribution >= 4 is 27.4 Å². The SMILES string of the molecule is NC1CC(=O)N(c2cc(-c3ccc(S(=O)(=O)C4CCC(Nc5ccc(C(F)(F)F)cn5)CC4)cc3)ccn2)C1. The van der Waals surface area contributed by atoms with E-state index in [-0.39, 0.29) is 29.3 Å². The Morgan fingerprint density at radius 2 is 1.67 bits per heavy atom. The Bertz CT molecular complexity index is 1440. The molecule has 0 radical (unpaired) electrons. The fourth-order valence-electron chi connectivity index (χ4n) is 5.11. The van der Waals surface area contributed by atoms with E-state index in [1.165, 1.54) is 6.07 Å². The number of nitrogens with two attached hydrogens (primary N) is 1. The second-order valence-electron chi connectivity index (χ2n) is 9.99. The van der Waals surface area contributed by atoms with Gasteiger partial charge in [-0.15, -0.1) is 0 Å². The van der Waals surface area contributed by atoms with Crippen molar-refractivity contribution in [1.82, 2.24) is 9.97 Å². The van der Waals surface area contributed by atoms with Gasteiger partial charge < -0.3 is 11.1 Å². The molecule has 1 aliphatic carbocycles. The average Bonchev–Trinajstić information content (AvgIpc) is 3.26. The van der Waals surface area contributed by atoms with Gasteiger partial charge in [0.15, 0.2) is 9.84 Å². The fraction of sp³-hybridized carbons (Fsp3) is 0.370. The zero-order valence-electron chi connectivity index (χ0n) is 20.9. The third kappa shape index (κ3) is 5.91. The molecule has 2 fully saturated rings. The Labute approximate surface area is 224 Å². The summed E-state index contributed by atoms with van der Waals surface area (Å²) in [5.41, 5.74) is 6.68. The highest BCUT2D eigenvalue weighted by Crippen LogP contribution is 2.33. The van der Waals surface area contributed by atoms with E-state index in [9.17, 15) is 26.4 Å². The molecule has 2 aliphatic rings. The van der Waals surface area contributed by atoms with Crippen molar-refractivity contribution in [2.45, 2.75) is 60.5 Å². The lowest BCUT2D eigenvalue weighted by molar-refractivity contribution is -0.137. The number of benzene rings is 1. The fourth-order valence-corrected chi connectivity index (χ4v) is 6.90. The van der Waals surface area contributed by atoms with Crippen LogP contribution in [0.3, 0.4) is 0 Å². The van der Waals surface area contributed by atoms with E-state index in [1.807, 2.05) is 0 Å². The van der Waals surface area contributed by atoms with Gasteiger partial charge in [0.05, 0.1) is 15.7 Å². The number of hydrogen-bond acceptors (Lipinski definition) is 7. The second kappa shape index (κ2) is 10.6. The lowest BCUT2D eigenvalue weighted by Crippen LogP contribution is -2.33. The molecule has 3 aromatic rings. The molecule has 8 nitrogen and oxygen atoms in total. The molecule has 1 aromatic carbocycles. The van der Waals surface area contributed by atoms with Crippen LogP contribution in [0.15, 0.2) is 65.8 Å². The van der Waals surface area contributed by atoms with Gasteiger partial charge in [0.2, 0.25) is 5.91 Å². The van der Waals surface area contributed by atoms with Crippen molar-refractivity contribution in [2.24, 2.45) is 5.73 Å². The standard InChI is InChI=1S/C27H28F3N5O3S/c28-27(29,30)19-3-10-24(33-15-19)34-21-4-8-23(9-5-21)39(37,38)22-6-1-17(2-7-22)18-11-12-32-25(13-18)35-16-20(31)14-26(35)36/h1-3,6-7,10-13,15,20-21,23H,4-5,8-9,14,16,31H2,(H,33,34). The molecule has 39 heavy (non-hydrogen) atoms. The lowest BCUT2D eigenvalue weighted by atomic mass is 9.95. The molecule has 3 heterocycles. The summed E-state index contributed by atoms with van der Waals surface area (Å²) in [6, 6.07) is 12.2. The number of aromatic nitrogens is 2. The quantitative estimate of drug-likeness (QED) is 0.459. The van der Waals surface area contributed by atoms with E-state index >= 15 is 0 Å². The molecular formula is C27H28F3N5O3S. The molecular weight excluding hydrogens is 531 g/mol. The number of halogens is 3. The molecule has 1 unspecified atom stereocenters. The van der Waals surface area contributed by atoms with Crippen molar-refractivity contribution in [3.05, 3.63) is 66.5 Å². The van der Waals surface area contributed by atoms with Crippen LogP contribution >= 0.6 is 0 Å². The monoisotopic (exact) mass is 559 g/mol. The van der Waals surface area contributed by atoms with Crippen molar-refractivity contribution in [3.63, 3.8) is 0 Å². The zero-order valence-corrected chi connectivity index (χ0v) is 21.8. The van der Waals surface area contributed by atoms with Crippen LogP contribution in [0.25, 0.3) is 11.1 Å². The summed E-state index contributed by atoms with van der Waals surface area (Å²) >= 11 is 0. The van der Waals surface area contributed by atoms with Crippen molar-refractivity contribution in [3.8, 4) is 11.1 Å². The minimum absolute atomic E-state index is 0.0685. The number of amides is 1. The Morgan fingerprint density at radius 1 is 0.949 bits per heavy atom. The van der Waals surface area contributed by atoms with E-state index in [0.29, 0.717) is 43.9 Å². The number of alkyl halides is 3. The number of nitrogens with zero attached hydrogens (tertiary/aromatic N) is 3. The Balaban J connectivity index is 1.21. The Hall–Kier alpha value is -3.51. The highest BCUT2D eigenvalue weighted by Gasteiger charge is 2.33. The summed E-state index contributed by atoms with van der Waals surface area (Å²) in [5.74, 6) is 0.772. The van der Waals surface area contributed by atoms with Gasteiger partial charge in [0.25, 0.3) is 0 Å². The maximum atomic E-state index is 13.3. The predicted octanol–water partition coefficient (Wildman–Crippen LogP) is 4.42. The third-order valence-electron chi connectivity index (χ3n) is 7.25. The molecule has 3 N–H and O–H groups in total.